The first-order chi connectivity index (χ1) is 11.5. The Morgan fingerprint density at radius 3 is 2.54 bits per heavy atom. The Hall–Kier alpha value is -2.53. The summed E-state index contributed by atoms with van der Waals surface area (Å²) in [6.07, 6.45) is 0. The second kappa shape index (κ2) is 6.53. The number of para-hydroxylation sites is 1. The molecule has 1 aliphatic rings. The average molecular weight is 339 g/mol. The third-order valence-corrected chi connectivity index (χ3v) is 5.01. The highest BCUT2D eigenvalue weighted by atomic mass is 32.2. The van der Waals surface area contributed by atoms with Gasteiger partial charge in [0.1, 0.15) is 5.75 Å². The number of carbonyl (C=O) groups excluding carboxylic acids is 2. The number of amides is 2. The molecule has 1 fully saturated rings. The molecule has 0 atom stereocenters. The molecule has 0 unspecified atom stereocenters. The van der Waals surface area contributed by atoms with Gasteiger partial charge in [-0.3, -0.25) is 9.59 Å². The maximum atomic E-state index is 12.8. The highest BCUT2D eigenvalue weighted by molar-refractivity contribution is 8.19. The number of rotatable bonds is 3. The number of ether oxygens (including phenoxy) is 1. The summed E-state index contributed by atoms with van der Waals surface area (Å²) in [4.78, 5) is 27.0. The van der Waals surface area contributed by atoms with Crippen LogP contribution in [0.15, 0.2) is 53.4 Å². The van der Waals surface area contributed by atoms with Crippen LogP contribution in [0.5, 0.6) is 5.75 Å². The van der Waals surface area contributed by atoms with Gasteiger partial charge in [-0.05, 0) is 60.5 Å². The van der Waals surface area contributed by atoms with Crippen molar-refractivity contribution in [2.75, 3.05) is 12.0 Å². The van der Waals surface area contributed by atoms with Crippen molar-refractivity contribution < 1.29 is 14.3 Å². The number of thioether (sulfide) groups is 1. The maximum absolute atomic E-state index is 12.8. The lowest BCUT2D eigenvalue weighted by molar-refractivity contribution is -0.113. The van der Waals surface area contributed by atoms with E-state index in [9.17, 15) is 9.59 Å². The van der Waals surface area contributed by atoms with E-state index in [1.165, 1.54) is 4.90 Å². The van der Waals surface area contributed by atoms with E-state index in [4.69, 9.17) is 4.74 Å². The molecule has 5 heteroatoms. The summed E-state index contributed by atoms with van der Waals surface area (Å²) < 4.78 is 5.23. The topological polar surface area (TPSA) is 46.6 Å². The highest BCUT2D eigenvalue weighted by Gasteiger charge is 2.38. The van der Waals surface area contributed by atoms with Crippen molar-refractivity contribution in [2.45, 2.75) is 13.8 Å². The molecular formula is C19H17NO3S. The van der Waals surface area contributed by atoms with E-state index >= 15 is 0 Å². The molecule has 0 aromatic heterocycles. The Bertz CT molecular complexity index is 857. The van der Waals surface area contributed by atoms with Gasteiger partial charge in [0.2, 0.25) is 0 Å². The second-order valence-electron chi connectivity index (χ2n) is 5.48. The third-order valence-electron chi connectivity index (χ3n) is 3.97. The second-order valence-corrected chi connectivity index (χ2v) is 6.44. The fraction of sp³-hybridized carbons (Fsp3) is 0.158. The molecule has 1 aliphatic heterocycles. The first-order valence-corrected chi connectivity index (χ1v) is 8.31. The summed E-state index contributed by atoms with van der Waals surface area (Å²) >= 11 is 0.978. The highest BCUT2D eigenvalue weighted by Crippen LogP contribution is 2.40. The summed E-state index contributed by atoms with van der Waals surface area (Å²) in [6.45, 7) is 3.74. The fourth-order valence-corrected chi connectivity index (χ4v) is 3.50. The summed E-state index contributed by atoms with van der Waals surface area (Å²) in [5.41, 5.74) is 3.16. The predicted molar refractivity (Wildman–Crippen MR) is 97.2 cm³/mol. The van der Waals surface area contributed by atoms with Crippen LogP contribution < -0.4 is 9.64 Å². The summed E-state index contributed by atoms with van der Waals surface area (Å²) in [5.74, 6) is 0.435. The predicted octanol–water partition coefficient (Wildman–Crippen LogP) is 4.63. The van der Waals surface area contributed by atoms with E-state index in [1.54, 1.807) is 13.2 Å². The Balaban J connectivity index is 2.03. The molecular weight excluding hydrogens is 322 g/mol. The van der Waals surface area contributed by atoms with Gasteiger partial charge in [-0.1, -0.05) is 30.3 Å². The molecule has 2 aromatic rings. The van der Waals surface area contributed by atoms with E-state index in [2.05, 4.69) is 0 Å². The molecule has 0 spiro atoms. The van der Waals surface area contributed by atoms with E-state index in [0.29, 0.717) is 16.3 Å². The summed E-state index contributed by atoms with van der Waals surface area (Å²) in [6, 6.07) is 14.8. The van der Waals surface area contributed by atoms with Gasteiger partial charge in [0.05, 0.1) is 17.7 Å². The van der Waals surface area contributed by atoms with Crippen LogP contribution in [0.2, 0.25) is 0 Å². The van der Waals surface area contributed by atoms with E-state index in [-0.39, 0.29) is 11.1 Å². The number of benzene rings is 2. The molecule has 2 aromatic carbocycles. The Kier molecular flexibility index (Phi) is 4.44. The summed E-state index contributed by atoms with van der Waals surface area (Å²) in [7, 11) is 1.60. The molecule has 0 saturated carbocycles. The van der Waals surface area contributed by atoms with Crippen LogP contribution in [0.4, 0.5) is 10.5 Å². The maximum Gasteiger partial charge on any atom is 0.298 e. The molecule has 3 rings (SSSR count). The fourth-order valence-electron chi connectivity index (χ4n) is 2.61. The third kappa shape index (κ3) is 2.83. The number of imide groups is 1. The molecule has 2 amide bonds. The van der Waals surface area contributed by atoms with E-state index < -0.39 is 0 Å². The monoisotopic (exact) mass is 339 g/mol. The number of methoxy groups -OCH3 is 1. The molecule has 0 radical (unpaired) electrons. The number of hydrogen-bond donors (Lipinski definition) is 0. The summed E-state index contributed by atoms with van der Waals surface area (Å²) in [5, 5.41) is -0.272. The number of aryl methyl sites for hydroxylation is 1. The van der Waals surface area contributed by atoms with Gasteiger partial charge < -0.3 is 4.74 Å². The minimum Gasteiger partial charge on any atom is -0.497 e. The Morgan fingerprint density at radius 2 is 1.83 bits per heavy atom. The quantitative estimate of drug-likeness (QED) is 0.765. The van der Waals surface area contributed by atoms with Crippen LogP contribution >= 0.6 is 11.8 Å². The van der Waals surface area contributed by atoms with Crippen molar-refractivity contribution in [3.63, 3.8) is 0 Å². The van der Waals surface area contributed by atoms with Crippen LogP contribution in [-0.2, 0) is 4.79 Å². The lowest BCUT2D eigenvalue weighted by atomic mass is 10.1. The Labute approximate surface area is 145 Å². The Morgan fingerprint density at radius 1 is 1.08 bits per heavy atom. The lowest BCUT2D eigenvalue weighted by Gasteiger charge is -2.15. The van der Waals surface area contributed by atoms with Crippen LogP contribution in [0, 0.1) is 6.92 Å². The molecule has 24 heavy (non-hydrogen) atoms. The minimum absolute atomic E-state index is 0.272. The number of hydrogen-bond acceptors (Lipinski definition) is 4. The lowest BCUT2D eigenvalue weighted by Crippen LogP contribution is -2.28. The van der Waals surface area contributed by atoms with Crippen molar-refractivity contribution in [1.29, 1.82) is 0 Å². The van der Waals surface area contributed by atoms with Crippen molar-refractivity contribution in [1.82, 2.24) is 0 Å². The van der Waals surface area contributed by atoms with Crippen molar-refractivity contribution in [3.05, 3.63) is 64.6 Å². The van der Waals surface area contributed by atoms with Gasteiger partial charge in [-0.2, -0.15) is 0 Å². The normalized spacial score (nSPS) is 16.5. The smallest absolute Gasteiger partial charge is 0.298 e. The SMILES string of the molecule is COc1cccc(/C(C)=C2\SC(=O)N(c3ccccc3C)C2=O)c1. The van der Waals surface area contributed by atoms with Crippen molar-refractivity contribution in [2.24, 2.45) is 0 Å². The standard InChI is InChI=1S/C19H17NO3S/c1-12-7-4-5-10-16(12)20-18(21)17(24-19(20)22)13(2)14-8-6-9-15(11-14)23-3/h4-11H,1-3H3/b17-13-. The van der Waals surface area contributed by atoms with Gasteiger partial charge in [-0.15, -0.1) is 0 Å². The largest absolute Gasteiger partial charge is 0.497 e. The van der Waals surface area contributed by atoms with Gasteiger partial charge in [-0.25, -0.2) is 4.90 Å². The van der Waals surface area contributed by atoms with Gasteiger partial charge in [0.15, 0.2) is 0 Å². The molecule has 1 heterocycles. The van der Waals surface area contributed by atoms with Crippen molar-refractivity contribution >= 4 is 34.2 Å². The molecule has 4 nitrogen and oxygen atoms in total. The van der Waals surface area contributed by atoms with Gasteiger partial charge in [0.25, 0.3) is 11.1 Å². The van der Waals surface area contributed by atoms with Crippen LogP contribution in [-0.4, -0.2) is 18.3 Å². The number of allylic oxidation sites excluding steroid dienone is 1. The molecule has 122 valence electrons. The van der Waals surface area contributed by atoms with E-state index in [1.807, 2.05) is 56.3 Å². The van der Waals surface area contributed by atoms with Crippen LogP contribution in [0.3, 0.4) is 0 Å². The minimum atomic E-state index is -0.278. The van der Waals surface area contributed by atoms with Gasteiger partial charge in [0, 0.05) is 0 Å². The van der Waals surface area contributed by atoms with Crippen LogP contribution in [0.1, 0.15) is 18.1 Å². The van der Waals surface area contributed by atoms with Crippen molar-refractivity contribution in [3.8, 4) is 5.75 Å². The first kappa shape index (κ1) is 16.3. The zero-order valence-corrected chi connectivity index (χ0v) is 14.5. The molecule has 0 bridgehead atoms. The van der Waals surface area contributed by atoms with Gasteiger partial charge >= 0.3 is 0 Å². The zero-order chi connectivity index (χ0) is 17.3. The number of carbonyl (C=O) groups is 2. The molecule has 1 saturated heterocycles. The average Bonchev–Trinajstić information content (AvgIpc) is 2.89. The molecule has 0 N–H and O–H groups in total. The molecule has 0 aliphatic carbocycles. The zero-order valence-electron chi connectivity index (χ0n) is 13.7. The van der Waals surface area contributed by atoms with E-state index in [0.717, 1.165) is 28.5 Å². The number of nitrogens with zero attached hydrogens (tertiary/aromatic N) is 1. The first-order valence-electron chi connectivity index (χ1n) is 7.50. The van der Waals surface area contributed by atoms with Crippen LogP contribution in [0.25, 0.3) is 5.57 Å². The number of anilines is 1.